The van der Waals surface area contributed by atoms with Crippen molar-refractivity contribution in [3.63, 3.8) is 0 Å². The Labute approximate surface area is 110 Å². The van der Waals surface area contributed by atoms with Gasteiger partial charge in [-0.05, 0) is 39.6 Å². The van der Waals surface area contributed by atoms with E-state index in [2.05, 4.69) is 4.90 Å². The Hall–Kier alpha value is -1.26. The topological polar surface area (TPSA) is 47.7 Å². The van der Waals surface area contributed by atoms with Crippen molar-refractivity contribution in [1.82, 2.24) is 4.90 Å². The molecule has 4 heteroatoms. The van der Waals surface area contributed by atoms with E-state index in [9.17, 15) is 0 Å². The zero-order valence-electron chi connectivity index (χ0n) is 11.6. The first-order valence-electron chi connectivity index (χ1n) is 6.39. The highest BCUT2D eigenvalue weighted by atomic mass is 16.5. The maximum Gasteiger partial charge on any atom is 0.122 e. The van der Waals surface area contributed by atoms with Gasteiger partial charge in [-0.25, -0.2) is 0 Å². The first-order chi connectivity index (χ1) is 8.67. The molecule has 2 N–H and O–H groups in total. The van der Waals surface area contributed by atoms with Gasteiger partial charge < -0.3 is 20.1 Å². The van der Waals surface area contributed by atoms with E-state index in [4.69, 9.17) is 15.2 Å². The number of ether oxygens (including phenoxy) is 2. The third-order valence-corrected chi connectivity index (χ3v) is 2.84. The third-order valence-electron chi connectivity index (χ3n) is 2.84. The Bertz CT molecular complexity index is 342. The van der Waals surface area contributed by atoms with Gasteiger partial charge in [0.25, 0.3) is 0 Å². The van der Waals surface area contributed by atoms with Crippen molar-refractivity contribution >= 4 is 0 Å². The zero-order valence-corrected chi connectivity index (χ0v) is 11.6. The van der Waals surface area contributed by atoms with Gasteiger partial charge in [-0.1, -0.05) is 6.07 Å². The molecule has 0 aliphatic carbocycles. The van der Waals surface area contributed by atoms with Crippen LogP contribution in [0.4, 0.5) is 0 Å². The van der Waals surface area contributed by atoms with Crippen molar-refractivity contribution in [2.45, 2.75) is 19.4 Å². The van der Waals surface area contributed by atoms with Crippen LogP contribution in [-0.4, -0.2) is 44.8 Å². The Morgan fingerprint density at radius 1 is 1.22 bits per heavy atom. The molecule has 0 amide bonds. The number of nitrogens with two attached hydrogens (primary N) is 1. The fourth-order valence-electron chi connectivity index (χ4n) is 1.72. The summed E-state index contributed by atoms with van der Waals surface area (Å²) >= 11 is 0. The molecule has 0 aliphatic heterocycles. The number of hydrogen-bond acceptors (Lipinski definition) is 4. The summed E-state index contributed by atoms with van der Waals surface area (Å²) in [4.78, 5) is 2.12. The van der Waals surface area contributed by atoms with Gasteiger partial charge in [-0.15, -0.1) is 0 Å². The van der Waals surface area contributed by atoms with Crippen LogP contribution in [0.5, 0.6) is 11.5 Å². The normalized spacial score (nSPS) is 12.5. The summed E-state index contributed by atoms with van der Waals surface area (Å²) in [7, 11) is 4.07. The molecule has 0 spiro atoms. The first kappa shape index (κ1) is 14.8. The van der Waals surface area contributed by atoms with Crippen LogP contribution >= 0.6 is 0 Å². The molecular formula is C14H24N2O2. The monoisotopic (exact) mass is 252 g/mol. The van der Waals surface area contributed by atoms with E-state index in [0.29, 0.717) is 25.8 Å². The molecule has 18 heavy (non-hydrogen) atoms. The van der Waals surface area contributed by atoms with Crippen molar-refractivity contribution in [2.24, 2.45) is 5.73 Å². The number of likely N-dealkylation sites (N-methyl/N-ethyl adjacent to an activating group) is 1. The van der Waals surface area contributed by atoms with Crippen LogP contribution in [0, 0.1) is 0 Å². The van der Waals surface area contributed by atoms with Gasteiger partial charge in [0.15, 0.2) is 0 Å². The van der Waals surface area contributed by atoms with Crippen LogP contribution < -0.4 is 15.2 Å². The van der Waals surface area contributed by atoms with Crippen LogP contribution in [0.1, 0.15) is 13.3 Å². The highest BCUT2D eigenvalue weighted by Gasteiger charge is 2.08. The summed E-state index contributed by atoms with van der Waals surface area (Å²) in [6.07, 6.45) is 0.919. The molecule has 0 aromatic heterocycles. The Morgan fingerprint density at radius 2 is 1.89 bits per heavy atom. The summed E-state index contributed by atoms with van der Waals surface area (Å²) in [6, 6.07) is 8.08. The average Bonchev–Trinajstić information content (AvgIpc) is 2.35. The van der Waals surface area contributed by atoms with Gasteiger partial charge in [-0.2, -0.15) is 0 Å². The number of benzene rings is 1. The van der Waals surface area contributed by atoms with Crippen molar-refractivity contribution in [1.29, 1.82) is 0 Å². The number of hydrogen-bond donors (Lipinski definition) is 1. The summed E-state index contributed by atoms with van der Waals surface area (Å²) in [5.74, 6) is 1.69. The Kier molecular flexibility index (Phi) is 6.54. The average molecular weight is 252 g/mol. The molecule has 0 radical (unpaired) electrons. The van der Waals surface area contributed by atoms with Gasteiger partial charge >= 0.3 is 0 Å². The molecule has 1 unspecified atom stereocenters. The summed E-state index contributed by atoms with van der Waals surface area (Å²) < 4.78 is 11.1. The van der Waals surface area contributed by atoms with Crippen LogP contribution in [0.25, 0.3) is 0 Å². The maximum atomic E-state index is 5.71. The smallest absolute Gasteiger partial charge is 0.122 e. The van der Waals surface area contributed by atoms with Gasteiger partial charge in [0.1, 0.15) is 11.5 Å². The van der Waals surface area contributed by atoms with Crippen LogP contribution in [-0.2, 0) is 0 Å². The van der Waals surface area contributed by atoms with E-state index < -0.39 is 0 Å². The minimum atomic E-state index is 0.361. The molecule has 1 rings (SSSR count). The molecule has 0 heterocycles. The molecule has 0 saturated carbocycles. The van der Waals surface area contributed by atoms with Crippen LogP contribution in [0.15, 0.2) is 24.3 Å². The highest BCUT2D eigenvalue weighted by molar-refractivity contribution is 5.32. The predicted octanol–water partition coefficient (Wildman–Crippen LogP) is 1.74. The van der Waals surface area contributed by atoms with E-state index in [1.165, 1.54) is 0 Å². The summed E-state index contributed by atoms with van der Waals surface area (Å²) in [5, 5.41) is 0. The van der Waals surface area contributed by atoms with E-state index in [1.54, 1.807) is 0 Å². The second-order valence-corrected chi connectivity index (χ2v) is 4.40. The van der Waals surface area contributed by atoms with Crippen LogP contribution in [0.2, 0.25) is 0 Å². The lowest BCUT2D eigenvalue weighted by molar-refractivity contribution is 0.225. The first-order valence-corrected chi connectivity index (χ1v) is 6.39. The molecule has 1 aromatic carbocycles. The van der Waals surface area contributed by atoms with E-state index in [1.807, 2.05) is 45.3 Å². The van der Waals surface area contributed by atoms with Gasteiger partial charge in [0.2, 0.25) is 0 Å². The Balaban J connectivity index is 2.41. The predicted molar refractivity (Wildman–Crippen MR) is 74.3 cm³/mol. The van der Waals surface area contributed by atoms with E-state index >= 15 is 0 Å². The van der Waals surface area contributed by atoms with Crippen molar-refractivity contribution in [3.8, 4) is 11.5 Å². The second kappa shape index (κ2) is 7.95. The van der Waals surface area contributed by atoms with Gasteiger partial charge in [0, 0.05) is 18.7 Å². The third kappa shape index (κ3) is 4.94. The molecule has 102 valence electrons. The molecule has 0 fully saturated rings. The van der Waals surface area contributed by atoms with E-state index in [0.717, 1.165) is 17.9 Å². The van der Waals surface area contributed by atoms with Crippen molar-refractivity contribution < 1.29 is 9.47 Å². The summed E-state index contributed by atoms with van der Waals surface area (Å²) in [5.41, 5.74) is 5.70. The molecule has 1 aromatic rings. The molecule has 1 atom stereocenters. The van der Waals surface area contributed by atoms with E-state index in [-0.39, 0.29) is 0 Å². The molecule has 0 aliphatic rings. The largest absolute Gasteiger partial charge is 0.494 e. The quantitative estimate of drug-likeness (QED) is 0.765. The highest BCUT2D eigenvalue weighted by Crippen LogP contribution is 2.19. The molecule has 0 saturated heterocycles. The molecule has 4 nitrogen and oxygen atoms in total. The van der Waals surface area contributed by atoms with Crippen molar-refractivity contribution in [3.05, 3.63) is 24.3 Å². The van der Waals surface area contributed by atoms with Gasteiger partial charge in [-0.3, -0.25) is 0 Å². The van der Waals surface area contributed by atoms with Gasteiger partial charge in [0.05, 0.1) is 13.2 Å². The second-order valence-electron chi connectivity index (χ2n) is 4.40. The lowest BCUT2D eigenvalue weighted by Crippen LogP contribution is -2.36. The number of nitrogens with zero attached hydrogens (tertiary/aromatic N) is 1. The molecular weight excluding hydrogens is 228 g/mol. The zero-order chi connectivity index (χ0) is 13.4. The minimum Gasteiger partial charge on any atom is -0.494 e. The SMILES string of the molecule is CCOc1cccc(OCCC(CN)N(C)C)c1. The fourth-order valence-corrected chi connectivity index (χ4v) is 1.72. The molecule has 0 bridgehead atoms. The van der Waals surface area contributed by atoms with Crippen LogP contribution in [0.3, 0.4) is 0 Å². The standard InChI is InChI=1S/C14H24N2O2/c1-4-17-13-6-5-7-14(10-13)18-9-8-12(11-15)16(2)3/h5-7,10,12H,4,8-9,11,15H2,1-3H3. The lowest BCUT2D eigenvalue weighted by Gasteiger charge is -2.22. The minimum absolute atomic E-state index is 0.361. The lowest BCUT2D eigenvalue weighted by atomic mass is 10.2. The summed E-state index contributed by atoms with van der Waals surface area (Å²) in [6.45, 7) is 3.95. The van der Waals surface area contributed by atoms with Crippen molar-refractivity contribution in [2.75, 3.05) is 33.9 Å². The number of rotatable bonds is 8. The fraction of sp³-hybridized carbons (Fsp3) is 0.571. The maximum absolute atomic E-state index is 5.71. The Morgan fingerprint density at radius 3 is 2.44 bits per heavy atom.